The van der Waals surface area contributed by atoms with Crippen molar-refractivity contribution >= 4 is 11.8 Å². The van der Waals surface area contributed by atoms with Gasteiger partial charge in [-0.05, 0) is 37.7 Å². The molecule has 18 heavy (non-hydrogen) atoms. The fourth-order valence-corrected chi connectivity index (χ4v) is 4.18. The molecule has 1 fully saturated rings. The van der Waals surface area contributed by atoms with Crippen molar-refractivity contribution in [2.24, 2.45) is 11.7 Å². The predicted molar refractivity (Wildman–Crippen MR) is 81.9 cm³/mol. The van der Waals surface area contributed by atoms with E-state index in [1.165, 1.54) is 36.8 Å². The highest BCUT2D eigenvalue weighted by atomic mass is 32.2. The molecular formula is C16H25NS. The summed E-state index contributed by atoms with van der Waals surface area (Å²) < 4.78 is 0. The van der Waals surface area contributed by atoms with E-state index in [-0.39, 0.29) is 0 Å². The molecule has 0 heterocycles. The maximum atomic E-state index is 6.27. The Kier molecular flexibility index (Phi) is 5.13. The molecule has 2 rings (SSSR count). The zero-order valence-electron chi connectivity index (χ0n) is 11.6. The lowest BCUT2D eigenvalue weighted by Gasteiger charge is -2.33. The highest BCUT2D eigenvalue weighted by molar-refractivity contribution is 7.99. The van der Waals surface area contributed by atoms with Gasteiger partial charge >= 0.3 is 0 Å². The summed E-state index contributed by atoms with van der Waals surface area (Å²) >= 11 is 2.06. The first kappa shape index (κ1) is 14.0. The lowest BCUT2D eigenvalue weighted by Crippen LogP contribution is -2.38. The molecule has 1 saturated carbocycles. The third kappa shape index (κ3) is 3.76. The van der Waals surface area contributed by atoms with Gasteiger partial charge in [0.15, 0.2) is 0 Å². The fraction of sp³-hybridized carbons (Fsp3) is 0.625. The van der Waals surface area contributed by atoms with Gasteiger partial charge in [-0.3, -0.25) is 0 Å². The van der Waals surface area contributed by atoms with E-state index < -0.39 is 0 Å². The maximum Gasteiger partial charge on any atom is 0.0204 e. The third-order valence-electron chi connectivity index (χ3n) is 4.08. The summed E-state index contributed by atoms with van der Waals surface area (Å²) in [6, 6.07) is 9.24. The largest absolute Gasteiger partial charge is 0.327 e. The lowest BCUT2D eigenvalue weighted by molar-refractivity contribution is 0.327. The van der Waals surface area contributed by atoms with Crippen LogP contribution >= 0.6 is 11.8 Å². The Morgan fingerprint density at radius 2 is 2.17 bits per heavy atom. The Morgan fingerprint density at radius 3 is 2.89 bits per heavy atom. The average molecular weight is 263 g/mol. The molecular weight excluding hydrogens is 238 g/mol. The molecule has 1 aromatic carbocycles. The van der Waals surface area contributed by atoms with Crippen molar-refractivity contribution in [3.8, 4) is 0 Å². The van der Waals surface area contributed by atoms with Crippen molar-refractivity contribution in [1.29, 1.82) is 0 Å². The van der Waals surface area contributed by atoms with Gasteiger partial charge in [0.1, 0.15) is 0 Å². The Bertz CT molecular complexity index is 377. The quantitative estimate of drug-likeness (QED) is 0.883. The Labute approximate surface area is 116 Å². The lowest BCUT2D eigenvalue weighted by atomic mass is 9.84. The van der Waals surface area contributed by atoms with E-state index in [9.17, 15) is 0 Å². The molecule has 2 heteroatoms. The molecule has 0 aromatic heterocycles. The summed E-state index contributed by atoms with van der Waals surface area (Å²) in [5, 5.41) is 0.657. The van der Waals surface area contributed by atoms with Crippen LogP contribution in [0.15, 0.2) is 24.3 Å². The average Bonchev–Trinajstić information content (AvgIpc) is 2.38. The first-order valence-corrected chi connectivity index (χ1v) is 8.16. The van der Waals surface area contributed by atoms with Gasteiger partial charge < -0.3 is 5.73 Å². The molecule has 0 aliphatic heterocycles. The van der Waals surface area contributed by atoms with Crippen LogP contribution in [0.5, 0.6) is 0 Å². The van der Waals surface area contributed by atoms with E-state index in [2.05, 4.69) is 49.9 Å². The Balaban J connectivity index is 1.88. The van der Waals surface area contributed by atoms with E-state index in [4.69, 9.17) is 5.73 Å². The van der Waals surface area contributed by atoms with Crippen LogP contribution in [0.4, 0.5) is 0 Å². The van der Waals surface area contributed by atoms with Crippen molar-refractivity contribution in [3.63, 3.8) is 0 Å². The first-order valence-electron chi connectivity index (χ1n) is 7.11. The van der Waals surface area contributed by atoms with Gasteiger partial charge in [-0.15, -0.1) is 0 Å². The second-order valence-electron chi connectivity index (χ2n) is 5.59. The molecule has 3 atom stereocenters. The van der Waals surface area contributed by atoms with Crippen LogP contribution in [0.25, 0.3) is 0 Å². The van der Waals surface area contributed by atoms with Gasteiger partial charge in [0.25, 0.3) is 0 Å². The molecule has 1 aliphatic rings. The minimum Gasteiger partial charge on any atom is -0.327 e. The summed E-state index contributed by atoms with van der Waals surface area (Å²) in [5.74, 6) is 2.01. The predicted octanol–water partition coefficient (Wildman–Crippen LogP) is 4.13. The second kappa shape index (κ2) is 6.63. The van der Waals surface area contributed by atoms with Crippen LogP contribution in [0.3, 0.4) is 0 Å². The number of aryl methyl sites for hydroxylation is 1. The van der Waals surface area contributed by atoms with Crippen LogP contribution in [0, 0.1) is 12.8 Å². The Morgan fingerprint density at radius 1 is 1.33 bits per heavy atom. The van der Waals surface area contributed by atoms with Crippen LogP contribution < -0.4 is 5.73 Å². The van der Waals surface area contributed by atoms with Crippen molar-refractivity contribution in [3.05, 3.63) is 35.4 Å². The van der Waals surface area contributed by atoms with Gasteiger partial charge in [0, 0.05) is 17.0 Å². The van der Waals surface area contributed by atoms with E-state index in [1.807, 2.05) is 0 Å². The summed E-state index contributed by atoms with van der Waals surface area (Å²) in [6.45, 7) is 4.47. The molecule has 0 spiro atoms. The Hall–Kier alpha value is -0.470. The topological polar surface area (TPSA) is 26.0 Å². The van der Waals surface area contributed by atoms with Gasteiger partial charge in [0.2, 0.25) is 0 Å². The van der Waals surface area contributed by atoms with E-state index in [0.29, 0.717) is 11.3 Å². The van der Waals surface area contributed by atoms with Gasteiger partial charge in [0.05, 0.1) is 0 Å². The normalized spacial score (nSPS) is 28.3. The fourth-order valence-electron chi connectivity index (χ4n) is 2.80. The highest BCUT2D eigenvalue weighted by Gasteiger charge is 2.27. The number of hydrogen-bond acceptors (Lipinski definition) is 2. The highest BCUT2D eigenvalue weighted by Crippen LogP contribution is 2.34. The SMILES string of the molecule is CCC1CCC(N)C(SCc2cccc(C)c2)C1. The molecule has 1 nitrogen and oxygen atoms in total. The minimum absolute atomic E-state index is 0.405. The van der Waals surface area contributed by atoms with Gasteiger partial charge in [-0.25, -0.2) is 0 Å². The number of benzene rings is 1. The molecule has 1 aromatic rings. The zero-order valence-corrected chi connectivity index (χ0v) is 12.4. The van der Waals surface area contributed by atoms with E-state index >= 15 is 0 Å². The molecule has 3 unspecified atom stereocenters. The molecule has 1 aliphatic carbocycles. The molecule has 0 saturated heterocycles. The van der Waals surface area contributed by atoms with Crippen LogP contribution in [0.1, 0.15) is 43.7 Å². The summed E-state index contributed by atoms with van der Waals surface area (Å²) in [7, 11) is 0. The third-order valence-corrected chi connectivity index (χ3v) is 5.55. The molecule has 0 amide bonds. The minimum atomic E-state index is 0.405. The molecule has 100 valence electrons. The first-order chi connectivity index (χ1) is 8.69. The van der Waals surface area contributed by atoms with E-state index in [0.717, 1.165) is 11.7 Å². The molecule has 0 bridgehead atoms. The van der Waals surface area contributed by atoms with Crippen molar-refractivity contribution in [2.75, 3.05) is 0 Å². The van der Waals surface area contributed by atoms with Crippen molar-refractivity contribution in [2.45, 2.75) is 56.6 Å². The number of nitrogens with two attached hydrogens (primary N) is 1. The maximum absolute atomic E-state index is 6.27. The summed E-state index contributed by atoms with van der Waals surface area (Å²) in [4.78, 5) is 0. The van der Waals surface area contributed by atoms with E-state index in [1.54, 1.807) is 0 Å². The van der Waals surface area contributed by atoms with Crippen molar-refractivity contribution in [1.82, 2.24) is 0 Å². The monoisotopic (exact) mass is 263 g/mol. The number of rotatable bonds is 4. The van der Waals surface area contributed by atoms with Gasteiger partial charge in [-0.1, -0.05) is 43.2 Å². The van der Waals surface area contributed by atoms with Crippen LogP contribution in [0.2, 0.25) is 0 Å². The van der Waals surface area contributed by atoms with Crippen LogP contribution in [-0.4, -0.2) is 11.3 Å². The summed E-state index contributed by atoms with van der Waals surface area (Å²) in [5.41, 5.74) is 9.06. The summed E-state index contributed by atoms with van der Waals surface area (Å²) in [6.07, 6.45) is 5.17. The number of hydrogen-bond donors (Lipinski definition) is 1. The molecule has 0 radical (unpaired) electrons. The zero-order chi connectivity index (χ0) is 13.0. The molecule has 2 N–H and O–H groups in total. The standard InChI is InChI=1S/C16H25NS/c1-3-13-7-8-15(17)16(10-13)18-11-14-6-4-5-12(2)9-14/h4-6,9,13,15-16H,3,7-8,10-11,17H2,1-2H3. The number of thioether (sulfide) groups is 1. The second-order valence-corrected chi connectivity index (χ2v) is 6.82. The van der Waals surface area contributed by atoms with Crippen molar-refractivity contribution < 1.29 is 0 Å². The van der Waals surface area contributed by atoms with Gasteiger partial charge in [-0.2, -0.15) is 11.8 Å². The van der Waals surface area contributed by atoms with Crippen LogP contribution in [-0.2, 0) is 5.75 Å². The smallest absolute Gasteiger partial charge is 0.0204 e.